The average molecular weight is 269 g/mol. The molecule has 0 saturated carbocycles. The lowest BCUT2D eigenvalue weighted by Crippen LogP contribution is -2.34. The van der Waals surface area contributed by atoms with Crippen molar-refractivity contribution in [1.82, 2.24) is 4.90 Å². The van der Waals surface area contributed by atoms with Gasteiger partial charge in [-0.3, -0.25) is 4.79 Å². The zero-order valence-corrected chi connectivity index (χ0v) is 11.5. The molecule has 5 heteroatoms. The number of nitrogens with zero attached hydrogens (tertiary/aromatic N) is 1. The largest absolute Gasteiger partial charge is 0.325 e. The number of carbonyl (C=O) groups excluding carboxylic acids is 2. The van der Waals surface area contributed by atoms with Crippen LogP contribution in [0.4, 0.5) is 10.5 Å². The van der Waals surface area contributed by atoms with Crippen molar-refractivity contribution in [1.29, 1.82) is 0 Å². The van der Waals surface area contributed by atoms with Crippen LogP contribution in [0, 0.1) is 0 Å². The Kier molecular flexibility index (Phi) is 5.16. The van der Waals surface area contributed by atoms with Gasteiger partial charge in [0, 0.05) is 24.3 Å². The van der Waals surface area contributed by atoms with Crippen molar-refractivity contribution in [3.63, 3.8) is 0 Å². The number of amides is 2. The van der Waals surface area contributed by atoms with Crippen LogP contribution in [0.3, 0.4) is 0 Å². The van der Waals surface area contributed by atoms with Crippen LogP contribution in [-0.4, -0.2) is 29.8 Å². The molecule has 0 radical (unpaired) electrons. The second-order valence-electron chi connectivity index (χ2n) is 3.85. The van der Waals surface area contributed by atoms with Crippen molar-refractivity contribution in [3.8, 4) is 0 Å². The number of anilines is 1. The van der Waals surface area contributed by atoms with E-state index in [0.29, 0.717) is 29.4 Å². The normalized spacial score (nSPS) is 10.0. The molecule has 1 rings (SSSR count). The second kappa shape index (κ2) is 6.40. The summed E-state index contributed by atoms with van der Waals surface area (Å²) in [4.78, 5) is 24.8. The minimum Gasteiger partial charge on any atom is -0.325 e. The molecular weight excluding hydrogens is 252 g/mol. The van der Waals surface area contributed by atoms with E-state index in [2.05, 4.69) is 5.32 Å². The number of Topliss-reactive ketones (excluding diaryl/α,β-unsaturated/α-hetero) is 1. The Hall–Kier alpha value is -1.55. The number of nitrogens with one attached hydrogen (secondary N) is 1. The molecule has 18 heavy (non-hydrogen) atoms. The SMILES string of the molecule is CCN(CC)C(=O)Nc1ccc(Cl)c(C(C)=O)c1. The average Bonchev–Trinajstić information content (AvgIpc) is 2.32. The van der Waals surface area contributed by atoms with Gasteiger partial charge < -0.3 is 10.2 Å². The van der Waals surface area contributed by atoms with E-state index in [-0.39, 0.29) is 11.8 Å². The molecule has 1 aromatic carbocycles. The Morgan fingerprint density at radius 2 is 1.89 bits per heavy atom. The van der Waals surface area contributed by atoms with Gasteiger partial charge in [-0.05, 0) is 39.0 Å². The molecule has 0 aromatic heterocycles. The quantitative estimate of drug-likeness (QED) is 0.851. The van der Waals surface area contributed by atoms with E-state index in [9.17, 15) is 9.59 Å². The van der Waals surface area contributed by atoms with E-state index >= 15 is 0 Å². The molecule has 0 heterocycles. The molecule has 98 valence electrons. The van der Waals surface area contributed by atoms with Gasteiger partial charge in [0.15, 0.2) is 5.78 Å². The molecule has 0 aliphatic rings. The van der Waals surface area contributed by atoms with Crippen LogP contribution in [0.2, 0.25) is 5.02 Å². The van der Waals surface area contributed by atoms with E-state index in [4.69, 9.17) is 11.6 Å². The Bertz CT molecular complexity index is 456. The number of hydrogen-bond donors (Lipinski definition) is 1. The van der Waals surface area contributed by atoms with Gasteiger partial charge in [-0.15, -0.1) is 0 Å². The molecule has 1 aromatic rings. The van der Waals surface area contributed by atoms with Gasteiger partial charge in [0.05, 0.1) is 5.02 Å². The Balaban J connectivity index is 2.89. The number of urea groups is 1. The Morgan fingerprint density at radius 3 is 2.39 bits per heavy atom. The molecule has 2 amide bonds. The zero-order valence-electron chi connectivity index (χ0n) is 10.8. The highest BCUT2D eigenvalue weighted by molar-refractivity contribution is 6.34. The van der Waals surface area contributed by atoms with Crippen LogP contribution in [-0.2, 0) is 0 Å². The number of carbonyl (C=O) groups is 2. The second-order valence-corrected chi connectivity index (χ2v) is 4.26. The van der Waals surface area contributed by atoms with Crippen molar-refractivity contribution >= 4 is 29.1 Å². The minimum absolute atomic E-state index is 0.126. The van der Waals surface area contributed by atoms with E-state index < -0.39 is 0 Å². The smallest absolute Gasteiger partial charge is 0.321 e. The number of hydrogen-bond acceptors (Lipinski definition) is 2. The number of ketones is 1. The first-order valence-electron chi connectivity index (χ1n) is 5.86. The van der Waals surface area contributed by atoms with Crippen LogP contribution in [0.25, 0.3) is 0 Å². The van der Waals surface area contributed by atoms with E-state index in [1.807, 2.05) is 13.8 Å². The third-order valence-corrected chi connectivity index (χ3v) is 2.98. The monoisotopic (exact) mass is 268 g/mol. The fraction of sp³-hybridized carbons (Fsp3) is 0.385. The molecule has 4 nitrogen and oxygen atoms in total. The number of benzene rings is 1. The number of halogens is 1. The van der Waals surface area contributed by atoms with Crippen molar-refractivity contribution in [2.75, 3.05) is 18.4 Å². The maximum atomic E-state index is 11.8. The molecule has 0 aliphatic heterocycles. The molecular formula is C13H17ClN2O2. The first-order valence-corrected chi connectivity index (χ1v) is 6.23. The molecule has 0 fully saturated rings. The topological polar surface area (TPSA) is 49.4 Å². The van der Waals surface area contributed by atoms with Gasteiger partial charge in [0.1, 0.15) is 0 Å². The van der Waals surface area contributed by atoms with Crippen molar-refractivity contribution in [3.05, 3.63) is 28.8 Å². The summed E-state index contributed by atoms with van der Waals surface area (Å²) in [7, 11) is 0. The van der Waals surface area contributed by atoms with E-state index in [1.54, 1.807) is 23.1 Å². The molecule has 0 unspecified atom stereocenters. The van der Waals surface area contributed by atoms with Crippen LogP contribution < -0.4 is 5.32 Å². The summed E-state index contributed by atoms with van der Waals surface area (Å²) in [5.41, 5.74) is 0.982. The summed E-state index contributed by atoms with van der Waals surface area (Å²) in [5.74, 6) is -0.126. The minimum atomic E-state index is -0.183. The standard InChI is InChI=1S/C13H17ClN2O2/c1-4-16(5-2)13(18)15-10-6-7-12(14)11(8-10)9(3)17/h6-8H,4-5H2,1-3H3,(H,15,18). The highest BCUT2D eigenvalue weighted by Gasteiger charge is 2.11. The van der Waals surface area contributed by atoms with Gasteiger partial charge in [0.2, 0.25) is 0 Å². The van der Waals surface area contributed by atoms with Crippen LogP contribution >= 0.6 is 11.6 Å². The highest BCUT2D eigenvalue weighted by atomic mass is 35.5. The lowest BCUT2D eigenvalue weighted by atomic mass is 10.1. The summed E-state index contributed by atoms with van der Waals surface area (Å²) < 4.78 is 0. The van der Waals surface area contributed by atoms with Gasteiger partial charge in [0.25, 0.3) is 0 Å². The van der Waals surface area contributed by atoms with Gasteiger partial charge in [-0.2, -0.15) is 0 Å². The maximum absolute atomic E-state index is 11.8. The van der Waals surface area contributed by atoms with Crippen LogP contribution in [0.5, 0.6) is 0 Å². The molecule has 0 aliphatic carbocycles. The zero-order chi connectivity index (χ0) is 13.7. The first-order chi connectivity index (χ1) is 8.49. The van der Waals surface area contributed by atoms with Gasteiger partial charge >= 0.3 is 6.03 Å². The molecule has 1 N–H and O–H groups in total. The molecule has 0 bridgehead atoms. The van der Waals surface area contributed by atoms with Crippen molar-refractivity contribution in [2.45, 2.75) is 20.8 Å². The van der Waals surface area contributed by atoms with Gasteiger partial charge in [-0.1, -0.05) is 11.6 Å². The van der Waals surface area contributed by atoms with Crippen LogP contribution in [0.15, 0.2) is 18.2 Å². The Morgan fingerprint density at radius 1 is 1.28 bits per heavy atom. The molecule has 0 atom stereocenters. The predicted octanol–water partition coefficient (Wildman–Crippen LogP) is 3.42. The van der Waals surface area contributed by atoms with Gasteiger partial charge in [-0.25, -0.2) is 4.79 Å². The third-order valence-electron chi connectivity index (χ3n) is 2.65. The number of rotatable bonds is 4. The van der Waals surface area contributed by atoms with Crippen molar-refractivity contribution < 1.29 is 9.59 Å². The Labute approximate surface area is 112 Å². The predicted molar refractivity (Wildman–Crippen MR) is 73.4 cm³/mol. The maximum Gasteiger partial charge on any atom is 0.321 e. The van der Waals surface area contributed by atoms with E-state index in [1.165, 1.54) is 6.92 Å². The fourth-order valence-corrected chi connectivity index (χ4v) is 1.84. The molecule has 0 spiro atoms. The first kappa shape index (κ1) is 14.5. The van der Waals surface area contributed by atoms with Crippen LogP contribution in [0.1, 0.15) is 31.1 Å². The van der Waals surface area contributed by atoms with Crippen molar-refractivity contribution in [2.24, 2.45) is 0 Å². The van der Waals surface area contributed by atoms with E-state index in [0.717, 1.165) is 0 Å². The lowest BCUT2D eigenvalue weighted by Gasteiger charge is -2.19. The summed E-state index contributed by atoms with van der Waals surface area (Å²) >= 11 is 5.90. The highest BCUT2D eigenvalue weighted by Crippen LogP contribution is 2.21. The third kappa shape index (κ3) is 3.47. The fourth-order valence-electron chi connectivity index (χ4n) is 1.59. The molecule has 0 saturated heterocycles. The lowest BCUT2D eigenvalue weighted by molar-refractivity contribution is 0.101. The summed E-state index contributed by atoms with van der Waals surface area (Å²) in [6.07, 6.45) is 0. The summed E-state index contributed by atoms with van der Waals surface area (Å²) in [6.45, 7) is 6.53. The summed E-state index contributed by atoms with van der Waals surface area (Å²) in [6, 6.07) is 4.69. The summed E-state index contributed by atoms with van der Waals surface area (Å²) in [5, 5.41) is 3.13.